The molecule has 0 radical (unpaired) electrons. The Bertz CT molecular complexity index is 440. The zero-order valence-electron chi connectivity index (χ0n) is 12.9. The Kier molecular flexibility index (Phi) is 5.19. The normalized spacial score (nSPS) is 27.1. The molecule has 3 N–H and O–H groups in total. The quantitative estimate of drug-likeness (QED) is 0.626. The van der Waals surface area contributed by atoms with Crippen LogP contribution in [-0.2, 0) is 9.53 Å². The Labute approximate surface area is 125 Å². The van der Waals surface area contributed by atoms with Gasteiger partial charge >= 0.3 is 12.0 Å². The minimum atomic E-state index is -0.365. The molecule has 0 aliphatic carbocycles. The van der Waals surface area contributed by atoms with E-state index in [9.17, 15) is 9.59 Å². The van der Waals surface area contributed by atoms with Gasteiger partial charge in [0.25, 0.3) is 0 Å². The molecule has 0 aromatic heterocycles. The molecule has 21 heavy (non-hydrogen) atoms. The van der Waals surface area contributed by atoms with Gasteiger partial charge in [0.15, 0.2) is 0 Å². The number of hydrogen-bond donors (Lipinski definition) is 3. The molecular formula is C14H24N4O3. The van der Waals surface area contributed by atoms with Crippen LogP contribution >= 0.6 is 0 Å². The van der Waals surface area contributed by atoms with Crippen molar-refractivity contribution in [2.45, 2.75) is 32.9 Å². The number of hydrogen-bond acceptors (Lipinski definition) is 5. The van der Waals surface area contributed by atoms with Crippen LogP contribution < -0.4 is 16.0 Å². The summed E-state index contributed by atoms with van der Waals surface area (Å²) < 4.78 is 5.06. The molecule has 2 rings (SSSR count). The van der Waals surface area contributed by atoms with Crippen LogP contribution in [0.25, 0.3) is 0 Å². The predicted octanol–water partition coefficient (Wildman–Crippen LogP) is -0.201. The van der Waals surface area contributed by atoms with Crippen LogP contribution in [0.4, 0.5) is 4.79 Å². The Morgan fingerprint density at radius 1 is 1.33 bits per heavy atom. The monoisotopic (exact) mass is 296 g/mol. The number of piperazine rings is 1. The number of urea groups is 1. The lowest BCUT2D eigenvalue weighted by atomic mass is 10.1. The van der Waals surface area contributed by atoms with E-state index in [-0.39, 0.29) is 18.5 Å². The molecule has 7 nitrogen and oxygen atoms in total. The molecule has 0 aromatic carbocycles. The first kappa shape index (κ1) is 15.8. The van der Waals surface area contributed by atoms with Crippen LogP contribution in [0.15, 0.2) is 11.3 Å². The maximum atomic E-state index is 12.0. The number of amides is 2. The maximum absolute atomic E-state index is 12.0. The lowest BCUT2D eigenvalue weighted by Crippen LogP contribution is -2.56. The summed E-state index contributed by atoms with van der Waals surface area (Å²) in [6.07, 6.45) is 0. The van der Waals surface area contributed by atoms with Crippen molar-refractivity contribution >= 4 is 12.0 Å². The zero-order chi connectivity index (χ0) is 15.4. The summed E-state index contributed by atoms with van der Waals surface area (Å²) in [5, 5.41) is 8.83. The van der Waals surface area contributed by atoms with Gasteiger partial charge in [-0.05, 0) is 20.8 Å². The molecule has 7 heteroatoms. The molecule has 2 aliphatic rings. The predicted molar refractivity (Wildman–Crippen MR) is 78.7 cm³/mol. The summed E-state index contributed by atoms with van der Waals surface area (Å²) in [4.78, 5) is 25.8. The van der Waals surface area contributed by atoms with Crippen molar-refractivity contribution in [2.75, 3.05) is 32.8 Å². The van der Waals surface area contributed by atoms with Gasteiger partial charge in [-0.25, -0.2) is 9.59 Å². The maximum Gasteiger partial charge on any atom is 0.337 e. The van der Waals surface area contributed by atoms with Gasteiger partial charge in [-0.15, -0.1) is 0 Å². The smallest absolute Gasteiger partial charge is 0.337 e. The van der Waals surface area contributed by atoms with Crippen molar-refractivity contribution in [3.63, 3.8) is 0 Å². The lowest BCUT2D eigenvalue weighted by molar-refractivity contribution is -0.138. The molecule has 1 fully saturated rings. The Morgan fingerprint density at radius 3 is 2.62 bits per heavy atom. The summed E-state index contributed by atoms with van der Waals surface area (Å²) in [7, 11) is 0. The third kappa shape index (κ3) is 4.18. The summed E-state index contributed by atoms with van der Waals surface area (Å²) in [5.74, 6) is -0.365. The highest BCUT2D eigenvalue weighted by Gasteiger charge is 2.27. The molecule has 0 saturated carbocycles. The number of nitrogens with one attached hydrogen (secondary N) is 3. The minimum Gasteiger partial charge on any atom is -0.463 e. The third-order valence-corrected chi connectivity index (χ3v) is 3.59. The third-order valence-electron chi connectivity index (χ3n) is 3.59. The molecular weight excluding hydrogens is 272 g/mol. The molecule has 0 bridgehead atoms. The summed E-state index contributed by atoms with van der Waals surface area (Å²) in [6.45, 7) is 8.89. The lowest BCUT2D eigenvalue weighted by Gasteiger charge is -2.37. The molecule has 0 spiro atoms. The van der Waals surface area contributed by atoms with E-state index in [4.69, 9.17) is 4.74 Å². The van der Waals surface area contributed by atoms with Crippen molar-refractivity contribution in [1.29, 1.82) is 0 Å². The molecule has 1 saturated heterocycles. The fourth-order valence-electron chi connectivity index (χ4n) is 2.87. The van der Waals surface area contributed by atoms with Crippen LogP contribution in [0.3, 0.4) is 0 Å². The van der Waals surface area contributed by atoms with Crippen molar-refractivity contribution in [1.82, 2.24) is 20.9 Å². The highest BCUT2D eigenvalue weighted by atomic mass is 16.5. The second-order valence-corrected chi connectivity index (χ2v) is 5.65. The summed E-state index contributed by atoms with van der Waals surface area (Å²) in [6, 6.07) is 0.505. The summed E-state index contributed by atoms with van der Waals surface area (Å²) in [5.41, 5.74) is 1.16. The van der Waals surface area contributed by atoms with E-state index in [1.54, 1.807) is 6.92 Å². The zero-order valence-corrected chi connectivity index (χ0v) is 12.9. The van der Waals surface area contributed by atoms with Crippen LogP contribution in [0.2, 0.25) is 0 Å². The van der Waals surface area contributed by atoms with Gasteiger partial charge in [0.2, 0.25) is 0 Å². The van der Waals surface area contributed by atoms with E-state index >= 15 is 0 Å². The fourth-order valence-corrected chi connectivity index (χ4v) is 2.87. The van der Waals surface area contributed by atoms with Gasteiger partial charge in [-0.3, -0.25) is 4.90 Å². The summed E-state index contributed by atoms with van der Waals surface area (Å²) >= 11 is 0. The Hall–Kier alpha value is -1.60. The van der Waals surface area contributed by atoms with Gasteiger partial charge in [0, 0.05) is 37.4 Å². The number of carbonyl (C=O) groups is 2. The van der Waals surface area contributed by atoms with Gasteiger partial charge < -0.3 is 20.7 Å². The van der Waals surface area contributed by atoms with Crippen LogP contribution in [-0.4, -0.2) is 61.8 Å². The van der Waals surface area contributed by atoms with E-state index in [1.807, 2.05) is 0 Å². The number of ether oxygens (including phenoxy) is 1. The van der Waals surface area contributed by atoms with Crippen LogP contribution in [0.1, 0.15) is 20.8 Å². The minimum absolute atomic E-state index is 0.219. The molecule has 118 valence electrons. The van der Waals surface area contributed by atoms with E-state index in [2.05, 4.69) is 34.7 Å². The van der Waals surface area contributed by atoms with E-state index < -0.39 is 0 Å². The average molecular weight is 296 g/mol. The molecule has 0 aromatic rings. The van der Waals surface area contributed by atoms with Crippen LogP contribution in [0, 0.1) is 0 Å². The molecule has 2 atom stereocenters. The van der Waals surface area contributed by atoms with Gasteiger partial charge in [-0.2, -0.15) is 0 Å². The molecule has 2 aliphatic heterocycles. The number of carbonyl (C=O) groups excluding carboxylic acids is 2. The highest BCUT2D eigenvalue weighted by molar-refractivity contribution is 5.93. The van der Waals surface area contributed by atoms with Gasteiger partial charge in [0.05, 0.1) is 18.7 Å². The van der Waals surface area contributed by atoms with Crippen molar-refractivity contribution < 1.29 is 14.3 Å². The number of nitrogens with zero attached hydrogens (tertiary/aromatic N) is 1. The second kappa shape index (κ2) is 6.91. The number of rotatable bonds is 4. The fraction of sp³-hybridized carbons (Fsp3) is 0.714. The first-order chi connectivity index (χ1) is 9.99. The number of esters is 1. The van der Waals surface area contributed by atoms with E-state index in [1.165, 1.54) is 0 Å². The van der Waals surface area contributed by atoms with Crippen molar-refractivity contribution in [2.24, 2.45) is 0 Å². The van der Waals surface area contributed by atoms with E-state index in [0.717, 1.165) is 13.1 Å². The Morgan fingerprint density at radius 2 is 2.00 bits per heavy atom. The first-order valence-corrected chi connectivity index (χ1v) is 7.42. The average Bonchev–Trinajstić information content (AvgIpc) is 2.37. The standard InChI is InChI=1S/C14H24N4O3/c1-4-21-13(19)11-5-15-14(20)17-12(11)8-18-6-9(2)16-10(3)7-18/h9-10,16H,4-8H2,1-3H3,(H2,15,17,20). The second-order valence-electron chi connectivity index (χ2n) is 5.65. The SMILES string of the molecule is CCOC(=O)C1=C(CN2CC(C)NC(C)C2)NC(=O)NC1. The molecule has 2 heterocycles. The Balaban J connectivity index is 2.11. The topological polar surface area (TPSA) is 82.7 Å². The van der Waals surface area contributed by atoms with Crippen molar-refractivity contribution in [3.8, 4) is 0 Å². The van der Waals surface area contributed by atoms with Gasteiger partial charge in [0.1, 0.15) is 0 Å². The van der Waals surface area contributed by atoms with Crippen molar-refractivity contribution in [3.05, 3.63) is 11.3 Å². The van der Waals surface area contributed by atoms with Crippen LogP contribution in [0.5, 0.6) is 0 Å². The molecule has 2 amide bonds. The first-order valence-electron chi connectivity index (χ1n) is 7.42. The largest absolute Gasteiger partial charge is 0.463 e. The highest BCUT2D eigenvalue weighted by Crippen LogP contribution is 2.12. The molecule has 2 unspecified atom stereocenters. The van der Waals surface area contributed by atoms with E-state index in [0.29, 0.717) is 36.5 Å². The van der Waals surface area contributed by atoms with Gasteiger partial charge in [-0.1, -0.05) is 0 Å².